The van der Waals surface area contributed by atoms with Crippen LogP contribution in [0.15, 0.2) is 54.9 Å². The first-order chi connectivity index (χ1) is 7.90. The number of hydrogen-bond donors (Lipinski definition) is 0. The molecule has 0 saturated heterocycles. The Morgan fingerprint density at radius 2 is 2.06 bits per heavy atom. The molecule has 1 aromatic carbocycles. The molecule has 0 aliphatic rings. The minimum atomic E-state index is 0.776. The van der Waals surface area contributed by atoms with Crippen LogP contribution in [0.2, 0.25) is 0 Å². The summed E-state index contributed by atoms with van der Waals surface area (Å²) in [6.07, 6.45) is 8.58. The van der Waals surface area contributed by atoms with Gasteiger partial charge in [0, 0.05) is 12.4 Å². The van der Waals surface area contributed by atoms with Gasteiger partial charge in [-0.05, 0) is 36.3 Å². The molecule has 0 atom stereocenters. The van der Waals surface area contributed by atoms with Crippen LogP contribution in [0.25, 0.3) is 5.69 Å². The molecule has 80 valence electrons. The minimum Gasteiger partial charge on any atom is -0.299 e. The van der Waals surface area contributed by atoms with Gasteiger partial charge in [-0.25, -0.2) is 4.68 Å². The van der Waals surface area contributed by atoms with E-state index in [9.17, 15) is 4.79 Å². The maximum atomic E-state index is 10.1. The molecule has 0 N–H and O–H groups in total. The first-order valence-electron chi connectivity index (χ1n) is 5.09. The molecule has 2 rings (SSSR count). The quantitative estimate of drug-likeness (QED) is 0.575. The lowest BCUT2D eigenvalue weighted by Gasteiger charge is -2.02. The van der Waals surface area contributed by atoms with Crippen molar-refractivity contribution in [2.45, 2.75) is 6.42 Å². The fourth-order valence-electron chi connectivity index (χ4n) is 1.47. The Hall–Kier alpha value is -2.16. The number of nitrogens with zero attached hydrogens (tertiary/aromatic N) is 2. The molecular weight excluding hydrogens is 200 g/mol. The first kappa shape index (κ1) is 10.4. The van der Waals surface area contributed by atoms with Crippen LogP contribution in [0, 0.1) is 0 Å². The van der Waals surface area contributed by atoms with E-state index in [1.165, 1.54) is 11.6 Å². The zero-order valence-electron chi connectivity index (χ0n) is 8.78. The summed E-state index contributed by atoms with van der Waals surface area (Å²) < 4.78 is 1.81. The molecule has 0 radical (unpaired) electrons. The first-order valence-corrected chi connectivity index (χ1v) is 5.09. The summed E-state index contributed by atoms with van der Waals surface area (Å²) in [6.45, 7) is 0. The van der Waals surface area contributed by atoms with Crippen molar-refractivity contribution >= 4 is 6.29 Å². The van der Waals surface area contributed by atoms with Crippen molar-refractivity contribution in [2.75, 3.05) is 0 Å². The summed E-state index contributed by atoms with van der Waals surface area (Å²) in [4.78, 5) is 10.1. The highest BCUT2D eigenvalue weighted by Crippen LogP contribution is 2.09. The van der Waals surface area contributed by atoms with E-state index in [0.29, 0.717) is 0 Å². The van der Waals surface area contributed by atoms with Crippen molar-refractivity contribution in [3.05, 3.63) is 60.4 Å². The predicted molar refractivity (Wildman–Crippen MR) is 62.5 cm³/mol. The third kappa shape index (κ3) is 2.45. The van der Waals surface area contributed by atoms with Gasteiger partial charge in [-0.2, -0.15) is 5.10 Å². The van der Waals surface area contributed by atoms with Gasteiger partial charge in [0.15, 0.2) is 0 Å². The van der Waals surface area contributed by atoms with Crippen LogP contribution in [0.5, 0.6) is 0 Å². The van der Waals surface area contributed by atoms with Gasteiger partial charge < -0.3 is 0 Å². The fraction of sp³-hybridized carbons (Fsp3) is 0.0769. The maximum Gasteiger partial charge on any atom is 0.142 e. The van der Waals surface area contributed by atoms with Gasteiger partial charge in [0.2, 0.25) is 0 Å². The topological polar surface area (TPSA) is 34.9 Å². The van der Waals surface area contributed by atoms with Crippen molar-refractivity contribution in [3.63, 3.8) is 0 Å². The summed E-state index contributed by atoms with van der Waals surface area (Å²) >= 11 is 0. The van der Waals surface area contributed by atoms with E-state index in [0.717, 1.165) is 18.4 Å². The Bertz CT molecular complexity index is 469. The molecule has 1 aromatic heterocycles. The fourth-order valence-corrected chi connectivity index (χ4v) is 1.47. The van der Waals surface area contributed by atoms with E-state index in [2.05, 4.69) is 5.10 Å². The van der Waals surface area contributed by atoms with E-state index in [1.54, 1.807) is 6.20 Å². The van der Waals surface area contributed by atoms with Crippen molar-refractivity contribution in [3.8, 4) is 5.69 Å². The lowest BCUT2D eigenvalue weighted by atomic mass is 10.1. The molecule has 0 spiro atoms. The number of allylic oxidation sites excluding steroid dienone is 2. The Morgan fingerprint density at radius 1 is 1.25 bits per heavy atom. The lowest BCUT2D eigenvalue weighted by molar-refractivity contribution is -0.104. The Labute approximate surface area is 94.0 Å². The van der Waals surface area contributed by atoms with Gasteiger partial charge in [-0.3, -0.25) is 4.79 Å². The second-order valence-electron chi connectivity index (χ2n) is 3.39. The number of rotatable bonds is 4. The molecule has 0 fully saturated rings. The Kier molecular flexibility index (Phi) is 3.28. The second kappa shape index (κ2) is 5.07. The average Bonchev–Trinajstić information content (AvgIpc) is 2.84. The minimum absolute atomic E-state index is 0.776. The smallest absolute Gasteiger partial charge is 0.142 e. The van der Waals surface area contributed by atoms with Crippen LogP contribution in [-0.4, -0.2) is 16.1 Å². The molecule has 0 aliphatic carbocycles. The van der Waals surface area contributed by atoms with Crippen molar-refractivity contribution in [2.24, 2.45) is 0 Å². The number of hydrogen-bond acceptors (Lipinski definition) is 2. The van der Waals surface area contributed by atoms with E-state index < -0.39 is 0 Å². The Balaban J connectivity index is 2.10. The van der Waals surface area contributed by atoms with Crippen LogP contribution in [0.4, 0.5) is 0 Å². The highest BCUT2D eigenvalue weighted by atomic mass is 16.1. The number of aromatic nitrogens is 2. The van der Waals surface area contributed by atoms with Gasteiger partial charge in [0.25, 0.3) is 0 Å². The van der Waals surface area contributed by atoms with Crippen LogP contribution in [-0.2, 0) is 11.2 Å². The predicted octanol–water partition coefficient (Wildman–Crippen LogP) is 2.17. The lowest BCUT2D eigenvalue weighted by Crippen LogP contribution is -1.93. The Morgan fingerprint density at radius 3 is 2.69 bits per heavy atom. The third-order valence-corrected chi connectivity index (χ3v) is 2.27. The van der Waals surface area contributed by atoms with Gasteiger partial charge in [-0.15, -0.1) is 0 Å². The van der Waals surface area contributed by atoms with Crippen LogP contribution >= 0.6 is 0 Å². The van der Waals surface area contributed by atoms with Gasteiger partial charge in [0.05, 0.1) is 5.69 Å². The van der Waals surface area contributed by atoms with E-state index in [4.69, 9.17) is 0 Å². The average molecular weight is 212 g/mol. The highest BCUT2D eigenvalue weighted by Gasteiger charge is 1.95. The van der Waals surface area contributed by atoms with Crippen molar-refractivity contribution in [1.82, 2.24) is 9.78 Å². The summed E-state index contributed by atoms with van der Waals surface area (Å²) in [6, 6.07) is 9.98. The molecule has 0 aliphatic heterocycles. The van der Waals surface area contributed by atoms with Gasteiger partial charge in [-0.1, -0.05) is 18.2 Å². The molecule has 0 unspecified atom stereocenters. The third-order valence-electron chi connectivity index (χ3n) is 2.27. The molecular formula is C13H12N2O. The van der Waals surface area contributed by atoms with Crippen LogP contribution in [0.3, 0.4) is 0 Å². The van der Waals surface area contributed by atoms with E-state index in [-0.39, 0.29) is 0 Å². The van der Waals surface area contributed by atoms with Crippen molar-refractivity contribution in [1.29, 1.82) is 0 Å². The van der Waals surface area contributed by atoms with Crippen LogP contribution in [0.1, 0.15) is 5.56 Å². The second-order valence-corrected chi connectivity index (χ2v) is 3.39. The van der Waals surface area contributed by atoms with Crippen LogP contribution < -0.4 is 0 Å². The number of carbonyl (C=O) groups excluding carboxylic acids is 1. The number of aldehydes is 1. The summed E-state index contributed by atoms with van der Waals surface area (Å²) in [5, 5.41) is 4.15. The molecule has 0 amide bonds. The summed E-state index contributed by atoms with van der Waals surface area (Å²) in [5.41, 5.74) is 2.21. The van der Waals surface area contributed by atoms with Crippen molar-refractivity contribution < 1.29 is 4.79 Å². The monoisotopic (exact) mass is 212 g/mol. The SMILES string of the molecule is O=CC=CCc1ccc(-n2cccn2)cc1. The normalized spacial score (nSPS) is 10.8. The van der Waals surface area contributed by atoms with E-state index >= 15 is 0 Å². The largest absolute Gasteiger partial charge is 0.299 e. The molecule has 0 saturated carbocycles. The van der Waals surface area contributed by atoms with Gasteiger partial charge in [0.1, 0.15) is 6.29 Å². The number of carbonyl (C=O) groups is 1. The zero-order valence-corrected chi connectivity index (χ0v) is 8.78. The summed E-state index contributed by atoms with van der Waals surface area (Å²) in [7, 11) is 0. The van der Waals surface area contributed by atoms with E-state index in [1.807, 2.05) is 47.3 Å². The number of benzene rings is 1. The molecule has 2 aromatic rings. The molecule has 3 nitrogen and oxygen atoms in total. The zero-order chi connectivity index (χ0) is 11.2. The standard InChI is InChI=1S/C13H12N2O/c16-11-2-1-4-12-5-7-13(8-6-12)15-10-3-9-14-15/h1-3,5-11H,4H2. The molecule has 3 heteroatoms. The molecule has 0 bridgehead atoms. The van der Waals surface area contributed by atoms with Gasteiger partial charge >= 0.3 is 0 Å². The highest BCUT2D eigenvalue weighted by molar-refractivity contribution is 5.64. The molecule has 1 heterocycles. The maximum absolute atomic E-state index is 10.1. The molecule has 16 heavy (non-hydrogen) atoms. The summed E-state index contributed by atoms with van der Waals surface area (Å²) in [5.74, 6) is 0.